The predicted octanol–water partition coefficient (Wildman–Crippen LogP) is 3.59. The lowest BCUT2D eigenvalue weighted by Crippen LogP contribution is -2.43. The molecular weight excluding hydrogens is 363 g/mol. The highest BCUT2D eigenvalue weighted by molar-refractivity contribution is 14.1. The van der Waals surface area contributed by atoms with Crippen LogP contribution in [0.5, 0.6) is 0 Å². The molecule has 0 amide bonds. The SMILES string of the molecule is ICC1COC(c2c#cccc2)(c2ccccc2)OC1. The molecule has 1 saturated heterocycles. The third kappa shape index (κ3) is 2.56. The monoisotopic (exact) mass is 378 g/mol. The molecule has 1 heterocycles. The van der Waals surface area contributed by atoms with Crippen molar-refractivity contribution < 1.29 is 9.47 Å². The molecular formula is C17H15IO2. The molecule has 0 atom stereocenters. The Balaban J connectivity index is 2.01. The molecule has 3 heteroatoms. The van der Waals surface area contributed by atoms with Gasteiger partial charge in [0, 0.05) is 15.9 Å². The van der Waals surface area contributed by atoms with Crippen LogP contribution in [0.25, 0.3) is 0 Å². The van der Waals surface area contributed by atoms with E-state index in [1.807, 2.05) is 48.5 Å². The van der Waals surface area contributed by atoms with Crippen molar-refractivity contribution in [3.63, 3.8) is 0 Å². The van der Waals surface area contributed by atoms with Crippen LogP contribution in [0.4, 0.5) is 0 Å². The van der Waals surface area contributed by atoms with Gasteiger partial charge in [-0.25, -0.2) is 0 Å². The summed E-state index contributed by atoms with van der Waals surface area (Å²) >= 11 is 2.37. The second-order valence-corrected chi connectivity index (χ2v) is 5.71. The molecule has 0 spiro atoms. The number of hydrogen-bond donors (Lipinski definition) is 0. The maximum absolute atomic E-state index is 6.16. The summed E-state index contributed by atoms with van der Waals surface area (Å²) < 4.78 is 13.4. The second kappa shape index (κ2) is 6.13. The highest BCUT2D eigenvalue weighted by Crippen LogP contribution is 2.38. The van der Waals surface area contributed by atoms with E-state index in [9.17, 15) is 0 Å². The Morgan fingerprint density at radius 3 is 2.45 bits per heavy atom. The maximum atomic E-state index is 6.16. The molecule has 0 unspecified atom stereocenters. The summed E-state index contributed by atoms with van der Waals surface area (Å²) in [6, 6.07) is 21.9. The van der Waals surface area contributed by atoms with Crippen LogP contribution in [0.2, 0.25) is 0 Å². The summed E-state index contributed by atoms with van der Waals surface area (Å²) in [7, 11) is 0. The number of alkyl halides is 1. The van der Waals surface area contributed by atoms with Crippen molar-refractivity contribution >= 4 is 22.6 Å². The molecule has 2 nitrogen and oxygen atoms in total. The van der Waals surface area contributed by atoms with Gasteiger partial charge in [0.05, 0.1) is 18.8 Å². The van der Waals surface area contributed by atoms with Crippen LogP contribution in [0.1, 0.15) is 11.1 Å². The minimum Gasteiger partial charge on any atom is -0.341 e. The maximum Gasteiger partial charge on any atom is 0.230 e. The Morgan fingerprint density at radius 2 is 1.85 bits per heavy atom. The van der Waals surface area contributed by atoms with Crippen molar-refractivity contribution in [1.29, 1.82) is 0 Å². The van der Waals surface area contributed by atoms with E-state index >= 15 is 0 Å². The first-order valence-corrected chi connectivity index (χ1v) is 8.16. The van der Waals surface area contributed by atoms with E-state index < -0.39 is 5.79 Å². The molecule has 0 bridgehead atoms. The lowest BCUT2D eigenvalue weighted by molar-refractivity contribution is -0.264. The van der Waals surface area contributed by atoms with Crippen molar-refractivity contribution in [3.8, 4) is 0 Å². The largest absolute Gasteiger partial charge is 0.341 e. The highest BCUT2D eigenvalue weighted by Gasteiger charge is 2.41. The Kier molecular flexibility index (Phi) is 4.25. The van der Waals surface area contributed by atoms with Gasteiger partial charge >= 0.3 is 0 Å². The standard InChI is InChI=1S/C17H15IO2/c18-11-14-12-19-17(20-13-14,15-7-3-1-4-8-15)16-9-5-2-6-10-16/h1-5,7-9,14H,11-13H2. The van der Waals surface area contributed by atoms with Gasteiger partial charge in [-0.15, -0.1) is 0 Å². The quantitative estimate of drug-likeness (QED) is 0.601. The third-order valence-corrected chi connectivity index (χ3v) is 4.67. The van der Waals surface area contributed by atoms with Crippen LogP contribution in [-0.2, 0) is 15.3 Å². The number of ether oxygens (including phenoxy) is 2. The fourth-order valence-electron chi connectivity index (χ4n) is 2.33. The van der Waals surface area contributed by atoms with Gasteiger partial charge in [0.2, 0.25) is 5.79 Å². The van der Waals surface area contributed by atoms with E-state index in [1.165, 1.54) is 0 Å². The summed E-state index contributed by atoms with van der Waals surface area (Å²) in [6.45, 7) is 1.39. The van der Waals surface area contributed by atoms with Gasteiger partial charge in [-0.05, 0) is 12.1 Å². The van der Waals surface area contributed by atoms with Crippen LogP contribution in [0, 0.1) is 18.1 Å². The zero-order chi connectivity index (χ0) is 13.8. The first-order chi connectivity index (χ1) is 9.85. The molecule has 3 rings (SSSR count). The number of benzene rings is 1. The number of halogens is 1. The van der Waals surface area contributed by atoms with E-state index in [1.54, 1.807) is 0 Å². The van der Waals surface area contributed by atoms with Crippen LogP contribution >= 0.6 is 22.6 Å². The molecule has 2 aromatic carbocycles. The Labute approximate surface area is 133 Å². The molecule has 102 valence electrons. The van der Waals surface area contributed by atoms with E-state index in [4.69, 9.17) is 9.47 Å². The zero-order valence-electron chi connectivity index (χ0n) is 11.0. The summed E-state index contributed by atoms with van der Waals surface area (Å²) in [4.78, 5) is 0. The summed E-state index contributed by atoms with van der Waals surface area (Å²) in [5.74, 6) is -0.401. The van der Waals surface area contributed by atoms with E-state index in [0.717, 1.165) is 15.6 Å². The van der Waals surface area contributed by atoms with Crippen LogP contribution in [0.3, 0.4) is 0 Å². The number of rotatable bonds is 3. The summed E-state index contributed by atoms with van der Waals surface area (Å²) in [5, 5.41) is 0. The van der Waals surface area contributed by atoms with Crippen molar-refractivity contribution in [3.05, 3.63) is 71.8 Å². The molecule has 0 N–H and O–H groups in total. The van der Waals surface area contributed by atoms with Crippen molar-refractivity contribution in [2.24, 2.45) is 5.92 Å². The lowest BCUT2D eigenvalue weighted by atomic mass is 9.96. The minimum atomic E-state index is -0.846. The molecule has 2 aromatic rings. The topological polar surface area (TPSA) is 18.5 Å². The lowest BCUT2D eigenvalue weighted by Gasteiger charge is -2.39. The molecule has 1 fully saturated rings. The van der Waals surface area contributed by atoms with Crippen LogP contribution in [0.15, 0.2) is 48.5 Å². The minimum absolute atomic E-state index is 0.445. The Hall–Kier alpha value is -1.09. The van der Waals surface area contributed by atoms with Crippen molar-refractivity contribution in [1.82, 2.24) is 0 Å². The summed E-state index contributed by atoms with van der Waals surface area (Å²) in [6.07, 6.45) is 0. The molecule has 1 aliphatic heterocycles. The number of hydrogen-bond acceptors (Lipinski definition) is 2. The van der Waals surface area contributed by atoms with E-state index in [2.05, 4.69) is 34.7 Å². The highest BCUT2D eigenvalue weighted by atomic mass is 127. The van der Waals surface area contributed by atoms with Crippen LogP contribution < -0.4 is 0 Å². The molecule has 0 radical (unpaired) electrons. The van der Waals surface area contributed by atoms with Gasteiger partial charge in [0.25, 0.3) is 0 Å². The average molecular weight is 378 g/mol. The fraction of sp³-hybridized carbons (Fsp3) is 0.294. The summed E-state index contributed by atoms with van der Waals surface area (Å²) in [5.41, 5.74) is 1.88. The molecule has 20 heavy (non-hydrogen) atoms. The molecule has 0 aliphatic carbocycles. The smallest absolute Gasteiger partial charge is 0.230 e. The van der Waals surface area contributed by atoms with Gasteiger partial charge in [-0.3, -0.25) is 0 Å². The Bertz CT molecular complexity index is 492. The van der Waals surface area contributed by atoms with Gasteiger partial charge in [0.1, 0.15) is 0 Å². The fourth-order valence-corrected chi connectivity index (χ4v) is 2.84. The van der Waals surface area contributed by atoms with Crippen LogP contribution in [-0.4, -0.2) is 17.6 Å². The van der Waals surface area contributed by atoms with Gasteiger partial charge < -0.3 is 9.47 Å². The predicted molar refractivity (Wildman–Crippen MR) is 85.6 cm³/mol. The normalized spacial score (nSPS) is 18.4. The third-order valence-electron chi connectivity index (χ3n) is 3.42. The molecule has 0 aromatic heterocycles. The second-order valence-electron chi connectivity index (χ2n) is 4.83. The van der Waals surface area contributed by atoms with Gasteiger partial charge in [0.15, 0.2) is 0 Å². The van der Waals surface area contributed by atoms with E-state index in [0.29, 0.717) is 19.1 Å². The van der Waals surface area contributed by atoms with Gasteiger partial charge in [-0.1, -0.05) is 71.1 Å². The first-order valence-electron chi connectivity index (χ1n) is 6.63. The van der Waals surface area contributed by atoms with Crippen molar-refractivity contribution in [2.45, 2.75) is 5.79 Å². The molecule has 0 saturated carbocycles. The van der Waals surface area contributed by atoms with Gasteiger partial charge in [-0.2, -0.15) is 0 Å². The zero-order valence-corrected chi connectivity index (χ0v) is 13.2. The average Bonchev–Trinajstić information content (AvgIpc) is 2.56. The van der Waals surface area contributed by atoms with Crippen molar-refractivity contribution in [2.75, 3.05) is 17.6 Å². The molecule has 1 aliphatic rings. The first kappa shape index (κ1) is 13.9. The van der Waals surface area contributed by atoms with E-state index in [-0.39, 0.29) is 0 Å². The Morgan fingerprint density at radius 1 is 1.10 bits per heavy atom.